The average Bonchev–Trinajstić information content (AvgIpc) is 3.24. The Morgan fingerprint density at radius 1 is 1.38 bits per heavy atom. The van der Waals surface area contributed by atoms with Gasteiger partial charge >= 0.3 is 5.97 Å². The van der Waals surface area contributed by atoms with E-state index in [0.29, 0.717) is 25.3 Å². The smallest absolute Gasteiger partial charge is 0.303 e. The van der Waals surface area contributed by atoms with Gasteiger partial charge in [0, 0.05) is 18.7 Å². The largest absolute Gasteiger partial charge is 0.481 e. The Kier molecular flexibility index (Phi) is 4.96. The number of hydrogen-bond acceptors (Lipinski definition) is 3. The van der Waals surface area contributed by atoms with Gasteiger partial charge in [-0.15, -0.1) is 0 Å². The van der Waals surface area contributed by atoms with E-state index in [0.717, 1.165) is 18.4 Å². The lowest BCUT2D eigenvalue weighted by atomic mass is 10.1. The molecule has 1 aliphatic carbocycles. The molecule has 0 bridgehead atoms. The molecule has 1 amide bonds. The first-order chi connectivity index (χ1) is 10.1. The molecule has 0 unspecified atom stereocenters. The van der Waals surface area contributed by atoms with Gasteiger partial charge in [-0.1, -0.05) is 12.1 Å². The molecule has 0 heterocycles. The molecule has 1 aliphatic rings. The number of ether oxygens (including phenoxy) is 1. The number of rotatable bonds is 8. The van der Waals surface area contributed by atoms with Crippen molar-refractivity contribution in [3.05, 3.63) is 29.8 Å². The maximum Gasteiger partial charge on any atom is 0.303 e. The van der Waals surface area contributed by atoms with Gasteiger partial charge in [0.05, 0.1) is 12.0 Å². The third-order valence-corrected chi connectivity index (χ3v) is 3.73. The van der Waals surface area contributed by atoms with Gasteiger partial charge in [-0.3, -0.25) is 9.59 Å². The zero-order valence-electron chi connectivity index (χ0n) is 12.2. The normalized spacial score (nSPS) is 15.5. The van der Waals surface area contributed by atoms with Gasteiger partial charge in [0.25, 0.3) is 0 Å². The number of anilines is 1. The zero-order valence-corrected chi connectivity index (χ0v) is 12.2. The highest BCUT2D eigenvalue weighted by Gasteiger charge is 2.50. The Morgan fingerprint density at radius 2 is 2.14 bits per heavy atom. The quantitative estimate of drug-likeness (QED) is 0.771. The fourth-order valence-electron chi connectivity index (χ4n) is 2.20. The number of carboxylic acids is 1. The molecule has 1 saturated carbocycles. The van der Waals surface area contributed by atoms with Crippen LogP contribution < -0.4 is 5.32 Å². The predicted molar refractivity (Wildman–Crippen MR) is 79.2 cm³/mol. The lowest BCUT2D eigenvalue weighted by Gasteiger charge is -2.15. The first-order valence-electron chi connectivity index (χ1n) is 7.26. The van der Waals surface area contributed by atoms with Crippen LogP contribution in [0.1, 0.15) is 31.7 Å². The first kappa shape index (κ1) is 15.5. The Bertz CT molecular complexity index is 523. The number of carbonyl (C=O) groups is 2. The number of aliphatic carboxylic acids is 1. The van der Waals surface area contributed by atoms with E-state index in [-0.39, 0.29) is 17.7 Å². The van der Waals surface area contributed by atoms with E-state index in [2.05, 4.69) is 5.32 Å². The van der Waals surface area contributed by atoms with Gasteiger partial charge in [-0.05, 0) is 43.9 Å². The van der Waals surface area contributed by atoms with E-state index in [1.807, 2.05) is 31.2 Å². The van der Waals surface area contributed by atoms with Gasteiger partial charge < -0.3 is 15.2 Å². The summed E-state index contributed by atoms with van der Waals surface area (Å²) in [4.78, 5) is 22.9. The summed E-state index contributed by atoms with van der Waals surface area (Å²) in [7, 11) is 0. The second-order valence-corrected chi connectivity index (χ2v) is 5.47. The molecule has 0 atom stereocenters. The number of benzene rings is 1. The Hall–Kier alpha value is -1.88. The van der Waals surface area contributed by atoms with Gasteiger partial charge in [-0.25, -0.2) is 0 Å². The molecular formula is C16H21NO4. The van der Waals surface area contributed by atoms with Crippen LogP contribution in [-0.2, 0) is 20.7 Å². The Balaban J connectivity index is 1.95. The minimum absolute atomic E-state index is 0.00802. The van der Waals surface area contributed by atoms with Crippen LogP contribution in [0.25, 0.3) is 0 Å². The van der Waals surface area contributed by atoms with Gasteiger partial charge in [0.1, 0.15) is 0 Å². The molecule has 114 valence electrons. The maximum absolute atomic E-state index is 12.3. The van der Waals surface area contributed by atoms with Crippen molar-refractivity contribution >= 4 is 17.6 Å². The Morgan fingerprint density at radius 3 is 2.76 bits per heavy atom. The fourth-order valence-corrected chi connectivity index (χ4v) is 2.20. The summed E-state index contributed by atoms with van der Waals surface area (Å²) in [6.07, 6.45) is 2.27. The highest BCUT2D eigenvalue weighted by Crippen LogP contribution is 2.46. The molecule has 21 heavy (non-hydrogen) atoms. The molecule has 0 radical (unpaired) electrons. The molecule has 2 rings (SSSR count). The summed E-state index contributed by atoms with van der Waals surface area (Å²) >= 11 is 0. The summed E-state index contributed by atoms with van der Waals surface area (Å²) in [5, 5.41) is 11.6. The van der Waals surface area contributed by atoms with Crippen LogP contribution in [0.15, 0.2) is 24.3 Å². The monoisotopic (exact) mass is 291 g/mol. The van der Waals surface area contributed by atoms with Crippen molar-refractivity contribution in [2.75, 3.05) is 18.5 Å². The molecule has 1 fully saturated rings. The van der Waals surface area contributed by atoms with Crippen molar-refractivity contribution in [2.45, 2.75) is 32.6 Å². The molecule has 0 spiro atoms. The molecule has 1 aromatic rings. The van der Waals surface area contributed by atoms with Crippen LogP contribution in [0, 0.1) is 5.41 Å². The lowest BCUT2D eigenvalue weighted by molar-refractivity contribution is -0.137. The van der Waals surface area contributed by atoms with Crippen LogP contribution in [0.4, 0.5) is 5.69 Å². The zero-order chi connectivity index (χ0) is 15.3. The van der Waals surface area contributed by atoms with Crippen molar-refractivity contribution in [1.29, 1.82) is 0 Å². The van der Waals surface area contributed by atoms with E-state index in [4.69, 9.17) is 9.84 Å². The van der Waals surface area contributed by atoms with E-state index >= 15 is 0 Å². The van der Waals surface area contributed by atoms with Crippen LogP contribution in [0.3, 0.4) is 0 Å². The SMILES string of the molecule is CCOCC1(C(=O)Nc2cccc(CCC(=O)O)c2)CC1. The van der Waals surface area contributed by atoms with Crippen LogP contribution in [-0.4, -0.2) is 30.2 Å². The van der Waals surface area contributed by atoms with Crippen LogP contribution in [0.5, 0.6) is 0 Å². The van der Waals surface area contributed by atoms with Crippen molar-refractivity contribution in [2.24, 2.45) is 5.41 Å². The second-order valence-electron chi connectivity index (χ2n) is 5.47. The van der Waals surface area contributed by atoms with Crippen molar-refractivity contribution in [3.63, 3.8) is 0 Å². The third kappa shape index (κ3) is 4.29. The summed E-state index contributed by atoms with van der Waals surface area (Å²) in [6.45, 7) is 2.99. The van der Waals surface area contributed by atoms with Gasteiger partial charge in [-0.2, -0.15) is 0 Å². The number of amides is 1. The highest BCUT2D eigenvalue weighted by molar-refractivity contribution is 5.97. The molecule has 2 N–H and O–H groups in total. The number of aryl methyl sites for hydroxylation is 1. The lowest BCUT2D eigenvalue weighted by Crippen LogP contribution is -2.28. The summed E-state index contributed by atoms with van der Waals surface area (Å²) in [5.41, 5.74) is 1.25. The second kappa shape index (κ2) is 6.72. The van der Waals surface area contributed by atoms with Crippen molar-refractivity contribution in [1.82, 2.24) is 0 Å². The first-order valence-corrected chi connectivity index (χ1v) is 7.26. The summed E-state index contributed by atoms with van der Waals surface area (Å²) in [5.74, 6) is -0.829. The number of carboxylic acid groups (broad SMARTS) is 1. The van der Waals surface area contributed by atoms with E-state index < -0.39 is 5.97 Å². The summed E-state index contributed by atoms with van der Waals surface area (Å²) in [6, 6.07) is 7.34. The topological polar surface area (TPSA) is 75.6 Å². The molecule has 0 saturated heterocycles. The van der Waals surface area contributed by atoms with Crippen molar-refractivity contribution < 1.29 is 19.4 Å². The minimum Gasteiger partial charge on any atom is -0.481 e. The van der Waals surface area contributed by atoms with E-state index in [1.165, 1.54) is 0 Å². The van der Waals surface area contributed by atoms with Crippen LogP contribution >= 0.6 is 0 Å². The van der Waals surface area contributed by atoms with Gasteiger partial charge in [0.2, 0.25) is 5.91 Å². The van der Waals surface area contributed by atoms with Gasteiger partial charge in [0.15, 0.2) is 0 Å². The molecule has 0 aromatic heterocycles. The molecule has 5 heteroatoms. The maximum atomic E-state index is 12.3. The van der Waals surface area contributed by atoms with Crippen LogP contribution in [0.2, 0.25) is 0 Å². The van der Waals surface area contributed by atoms with Crippen molar-refractivity contribution in [3.8, 4) is 0 Å². The predicted octanol–water partition coefficient (Wildman–Crippen LogP) is 2.46. The molecule has 0 aliphatic heterocycles. The standard InChI is InChI=1S/C16H21NO4/c1-2-21-11-16(8-9-16)15(20)17-13-5-3-4-12(10-13)6-7-14(18)19/h3-5,10H,2,6-9,11H2,1H3,(H,17,20)(H,18,19). The number of nitrogens with one attached hydrogen (secondary N) is 1. The van der Waals surface area contributed by atoms with E-state index in [9.17, 15) is 9.59 Å². The fraction of sp³-hybridized carbons (Fsp3) is 0.500. The minimum atomic E-state index is -0.821. The number of hydrogen-bond donors (Lipinski definition) is 2. The summed E-state index contributed by atoms with van der Waals surface area (Å²) < 4.78 is 5.38. The third-order valence-electron chi connectivity index (χ3n) is 3.73. The highest BCUT2D eigenvalue weighted by atomic mass is 16.5. The number of carbonyl (C=O) groups excluding carboxylic acids is 1. The Labute approximate surface area is 124 Å². The molecular weight excluding hydrogens is 270 g/mol. The average molecular weight is 291 g/mol. The van der Waals surface area contributed by atoms with E-state index in [1.54, 1.807) is 0 Å². The molecule has 5 nitrogen and oxygen atoms in total. The molecule has 1 aromatic carbocycles.